The van der Waals surface area contributed by atoms with Crippen molar-refractivity contribution in [3.8, 4) is 0 Å². The van der Waals surface area contributed by atoms with Crippen LogP contribution in [0.15, 0.2) is 35.3 Å². The maximum atomic E-state index is 6.17. The van der Waals surface area contributed by atoms with Gasteiger partial charge in [-0.25, -0.2) is 0 Å². The predicted molar refractivity (Wildman–Crippen MR) is 65.8 cm³/mol. The van der Waals surface area contributed by atoms with Gasteiger partial charge in [-0.05, 0) is 34.1 Å². The first-order valence-electron chi connectivity index (χ1n) is 4.50. The smallest absolute Gasteiger partial charge is 0.0599 e. The molecule has 0 amide bonds. The first kappa shape index (κ1) is 11.8. The molecule has 0 saturated carbocycles. The molecule has 0 radical (unpaired) electrons. The van der Waals surface area contributed by atoms with Gasteiger partial charge in [0.1, 0.15) is 0 Å². The van der Waals surface area contributed by atoms with Crippen LogP contribution in [-0.4, -0.2) is 6.54 Å². The topological polar surface area (TPSA) is 12.0 Å². The first-order chi connectivity index (χ1) is 6.70. The highest BCUT2D eigenvalue weighted by atomic mass is 79.9. The van der Waals surface area contributed by atoms with E-state index < -0.39 is 0 Å². The zero-order valence-electron chi connectivity index (χ0n) is 8.06. The Balaban J connectivity index is 3.03. The third kappa shape index (κ3) is 2.59. The first-order valence-corrected chi connectivity index (χ1v) is 5.67. The molecule has 0 aliphatic carbocycles. The van der Waals surface area contributed by atoms with E-state index in [2.05, 4.69) is 34.7 Å². The van der Waals surface area contributed by atoms with Gasteiger partial charge in [0.2, 0.25) is 0 Å². The van der Waals surface area contributed by atoms with Crippen LogP contribution in [0.3, 0.4) is 0 Å². The van der Waals surface area contributed by atoms with Crippen LogP contribution in [0.25, 0.3) is 0 Å². The summed E-state index contributed by atoms with van der Waals surface area (Å²) >= 11 is 9.57. The van der Waals surface area contributed by atoms with Crippen molar-refractivity contribution in [2.45, 2.75) is 13.0 Å². The molecule has 0 saturated heterocycles. The second-order valence-electron chi connectivity index (χ2n) is 2.91. The van der Waals surface area contributed by atoms with Gasteiger partial charge in [0.15, 0.2) is 0 Å². The molecule has 1 aromatic rings. The van der Waals surface area contributed by atoms with E-state index in [1.54, 1.807) is 0 Å². The molecule has 0 bridgehead atoms. The van der Waals surface area contributed by atoms with Crippen molar-refractivity contribution >= 4 is 27.5 Å². The lowest BCUT2D eigenvalue weighted by Gasteiger charge is -2.15. The van der Waals surface area contributed by atoms with Gasteiger partial charge in [0.05, 0.1) is 11.1 Å². The van der Waals surface area contributed by atoms with E-state index in [1.807, 2.05) is 24.3 Å². The zero-order chi connectivity index (χ0) is 10.6. The Morgan fingerprint density at radius 3 is 2.93 bits per heavy atom. The monoisotopic (exact) mass is 273 g/mol. The van der Waals surface area contributed by atoms with E-state index in [4.69, 9.17) is 11.6 Å². The molecule has 1 aromatic carbocycles. The Labute approximate surface area is 98.3 Å². The molecule has 0 aliphatic rings. The Hall–Kier alpha value is -0.310. The highest BCUT2D eigenvalue weighted by molar-refractivity contribution is 9.10. The van der Waals surface area contributed by atoms with Gasteiger partial charge < -0.3 is 5.32 Å². The third-order valence-electron chi connectivity index (χ3n) is 1.98. The van der Waals surface area contributed by atoms with Crippen molar-refractivity contribution < 1.29 is 0 Å². The Bertz CT molecular complexity index is 325. The van der Waals surface area contributed by atoms with Gasteiger partial charge in [-0.2, -0.15) is 0 Å². The molecule has 0 spiro atoms. The minimum atomic E-state index is 0.116. The summed E-state index contributed by atoms with van der Waals surface area (Å²) in [7, 11) is 0. The van der Waals surface area contributed by atoms with Crippen LogP contribution in [0.4, 0.5) is 0 Å². The fourth-order valence-corrected chi connectivity index (χ4v) is 1.93. The van der Waals surface area contributed by atoms with Crippen LogP contribution in [0, 0.1) is 0 Å². The number of rotatable bonds is 4. The number of benzene rings is 1. The van der Waals surface area contributed by atoms with Crippen LogP contribution in [0.1, 0.15) is 18.5 Å². The molecule has 1 unspecified atom stereocenters. The van der Waals surface area contributed by atoms with Crippen molar-refractivity contribution in [3.63, 3.8) is 0 Å². The van der Waals surface area contributed by atoms with Crippen LogP contribution < -0.4 is 5.32 Å². The van der Waals surface area contributed by atoms with Gasteiger partial charge in [0, 0.05) is 4.47 Å². The highest BCUT2D eigenvalue weighted by Gasteiger charge is 2.11. The number of hydrogen-bond donors (Lipinski definition) is 1. The number of hydrogen-bond acceptors (Lipinski definition) is 1. The molecule has 3 heteroatoms. The molecule has 1 N–H and O–H groups in total. The lowest BCUT2D eigenvalue weighted by atomic mass is 10.1. The maximum absolute atomic E-state index is 6.17. The van der Waals surface area contributed by atoms with E-state index >= 15 is 0 Å². The summed E-state index contributed by atoms with van der Waals surface area (Å²) in [4.78, 5) is 0. The fraction of sp³-hybridized carbons (Fsp3) is 0.273. The molecule has 76 valence electrons. The molecular formula is C11H13BrClN. The van der Waals surface area contributed by atoms with E-state index in [-0.39, 0.29) is 6.04 Å². The summed E-state index contributed by atoms with van der Waals surface area (Å²) in [5.74, 6) is 0. The summed E-state index contributed by atoms with van der Waals surface area (Å²) in [5, 5.41) is 4.04. The minimum absolute atomic E-state index is 0.116. The number of likely N-dealkylation sites (N-methyl/N-ethyl adjacent to an activating group) is 1. The van der Waals surface area contributed by atoms with Crippen LogP contribution in [0.2, 0.25) is 5.02 Å². The van der Waals surface area contributed by atoms with Crippen molar-refractivity contribution in [1.29, 1.82) is 0 Å². The molecule has 0 aromatic heterocycles. The minimum Gasteiger partial charge on any atom is -0.307 e. The van der Waals surface area contributed by atoms with Gasteiger partial charge in [0.25, 0.3) is 0 Å². The SMILES string of the molecule is C=CC(NCC)c1cccc(Br)c1Cl. The summed E-state index contributed by atoms with van der Waals surface area (Å²) in [6.07, 6.45) is 1.86. The Kier molecular flexibility index (Phi) is 4.66. The quantitative estimate of drug-likeness (QED) is 0.820. The highest BCUT2D eigenvalue weighted by Crippen LogP contribution is 2.30. The predicted octanol–water partition coefficient (Wildman–Crippen LogP) is 3.94. The van der Waals surface area contributed by atoms with E-state index in [0.29, 0.717) is 0 Å². The van der Waals surface area contributed by atoms with E-state index in [1.165, 1.54) is 0 Å². The van der Waals surface area contributed by atoms with Crippen molar-refractivity contribution in [1.82, 2.24) is 5.32 Å². The van der Waals surface area contributed by atoms with E-state index in [0.717, 1.165) is 21.6 Å². The standard InChI is InChI=1S/C11H13BrClN/c1-3-10(14-4-2)8-6-5-7-9(12)11(8)13/h3,5-7,10,14H,1,4H2,2H3. The molecular weight excluding hydrogens is 261 g/mol. The van der Waals surface area contributed by atoms with Crippen LogP contribution in [0.5, 0.6) is 0 Å². The normalized spacial score (nSPS) is 12.5. The lowest BCUT2D eigenvalue weighted by molar-refractivity contribution is 0.649. The zero-order valence-corrected chi connectivity index (χ0v) is 10.4. The summed E-state index contributed by atoms with van der Waals surface area (Å²) < 4.78 is 0.918. The molecule has 1 nitrogen and oxygen atoms in total. The average Bonchev–Trinajstić information content (AvgIpc) is 2.19. The Morgan fingerprint density at radius 2 is 2.36 bits per heavy atom. The van der Waals surface area contributed by atoms with E-state index in [9.17, 15) is 0 Å². The number of nitrogens with one attached hydrogen (secondary N) is 1. The van der Waals surface area contributed by atoms with Gasteiger partial charge in [-0.15, -0.1) is 6.58 Å². The summed E-state index contributed by atoms with van der Waals surface area (Å²) in [6.45, 7) is 6.74. The van der Waals surface area contributed by atoms with Crippen molar-refractivity contribution in [2.24, 2.45) is 0 Å². The second-order valence-corrected chi connectivity index (χ2v) is 4.15. The molecule has 0 fully saturated rings. The summed E-state index contributed by atoms with van der Waals surface area (Å²) in [5.41, 5.74) is 1.05. The molecule has 1 rings (SSSR count). The lowest BCUT2D eigenvalue weighted by Crippen LogP contribution is -2.18. The molecule has 1 atom stereocenters. The fourth-order valence-electron chi connectivity index (χ4n) is 1.30. The third-order valence-corrected chi connectivity index (χ3v) is 3.29. The Morgan fingerprint density at radius 1 is 1.64 bits per heavy atom. The van der Waals surface area contributed by atoms with Crippen LogP contribution in [-0.2, 0) is 0 Å². The average molecular weight is 275 g/mol. The second kappa shape index (κ2) is 5.54. The van der Waals surface area contributed by atoms with Gasteiger partial charge in [-0.1, -0.05) is 36.7 Å². The van der Waals surface area contributed by atoms with Gasteiger partial charge in [-0.3, -0.25) is 0 Å². The molecule has 0 heterocycles. The maximum Gasteiger partial charge on any atom is 0.0599 e. The molecule has 0 aliphatic heterocycles. The van der Waals surface area contributed by atoms with Crippen molar-refractivity contribution in [3.05, 3.63) is 45.9 Å². The van der Waals surface area contributed by atoms with Crippen LogP contribution >= 0.6 is 27.5 Å². The van der Waals surface area contributed by atoms with Gasteiger partial charge >= 0.3 is 0 Å². The number of halogens is 2. The largest absolute Gasteiger partial charge is 0.307 e. The summed E-state index contributed by atoms with van der Waals surface area (Å²) in [6, 6.07) is 6.02. The van der Waals surface area contributed by atoms with Crippen molar-refractivity contribution in [2.75, 3.05) is 6.54 Å². The molecule has 14 heavy (non-hydrogen) atoms.